The van der Waals surface area contributed by atoms with Crippen molar-refractivity contribution in [1.29, 1.82) is 0 Å². The molecule has 1 amide bonds. The third-order valence-corrected chi connectivity index (χ3v) is 2.05. The van der Waals surface area contributed by atoms with E-state index >= 15 is 0 Å². The molecule has 0 aliphatic carbocycles. The highest BCUT2D eigenvalue weighted by atomic mass is 35.5. The lowest BCUT2D eigenvalue weighted by Gasteiger charge is -2.18. The maximum Gasteiger partial charge on any atom is 0.282 e. The van der Waals surface area contributed by atoms with Gasteiger partial charge in [-0.1, -0.05) is 12.1 Å². The lowest BCUT2D eigenvalue weighted by Crippen LogP contribution is -2.45. The van der Waals surface area contributed by atoms with Crippen molar-refractivity contribution in [2.24, 2.45) is 5.73 Å². The molecular formula is C11H16ClN3O3. The number of halogens is 1. The third-order valence-electron chi connectivity index (χ3n) is 2.05. The van der Waals surface area contributed by atoms with Gasteiger partial charge in [0.2, 0.25) is 0 Å². The van der Waals surface area contributed by atoms with E-state index in [1.807, 2.05) is 0 Å². The van der Waals surface area contributed by atoms with E-state index in [-0.39, 0.29) is 30.2 Å². The van der Waals surface area contributed by atoms with Crippen LogP contribution in [0.3, 0.4) is 0 Å². The molecule has 0 unspecified atom stereocenters. The van der Waals surface area contributed by atoms with Crippen LogP contribution in [0.1, 0.15) is 24.2 Å². The molecule has 100 valence electrons. The molecule has 0 radical (unpaired) electrons. The fourth-order valence-corrected chi connectivity index (χ4v) is 1.23. The Balaban J connectivity index is 0.00000289. The molecule has 1 aromatic rings. The van der Waals surface area contributed by atoms with E-state index in [1.54, 1.807) is 19.9 Å². The largest absolute Gasteiger partial charge is 0.350 e. The van der Waals surface area contributed by atoms with Gasteiger partial charge in [0.1, 0.15) is 5.56 Å². The number of amides is 1. The maximum absolute atomic E-state index is 11.7. The Labute approximate surface area is 111 Å². The molecule has 0 aliphatic heterocycles. The summed E-state index contributed by atoms with van der Waals surface area (Å²) in [5.74, 6) is -0.490. The average molecular weight is 274 g/mol. The predicted octanol–water partition coefficient (Wildman–Crippen LogP) is 1.48. The fourth-order valence-electron chi connectivity index (χ4n) is 1.23. The molecule has 18 heavy (non-hydrogen) atoms. The van der Waals surface area contributed by atoms with Gasteiger partial charge in [0, 0.05) is 18.2 Å². The SMILES string of the molecule is CC(C)(N)CNC(=O)c1ccccc1[N+](=O)[O-].Cl. The van der Waals surface area contributed by atoms with Gasteiger partial charge in [-0.15, -0.1) is 12.4 Å². The normalized spacial score (nSPS) is 10.4. The van der Waals surface area contributed by atoms with Crippen LogP contribution in [0.15, 0.2) is 24.3 Å². The molecule has 3 N–H and O–H groups in total. The summed E-state index contributed by atoms with van der Waals surface area (Å²) in [6.45, 7) is 3.76. The Morgan fingerprint density at radius 3 is 2.50 bits per heavy atom. The van der Waals surface area contributed by atoms with E-state index in [2.05, 4.69) is 5.32 Å². The summed E-state index contributed by atoms with van der Waals surface area (Å²) in [5, 5.41) is 13.3. The number of hydrogen-bond acceptors (Lipinski definition) is 4. The molecule has 0 aromatic heterocycles. The van der Waals surface area contributed by atoms with Crippen molar-refractivity contribution in [3.63, 3.8) is 0 Å². The molecule has 1 rings (SSSR count). The molecular weight excluding hydrogens is 258 g/mol. The average Bonchev–Trinajstić information content (AvgIpc) is 2.25. The molecule has 1 aromatic carbocycles. The first-order valence-corrected chi connectivity index (χ1v) is 5.12. The van der Waals surface area contributed by atoms with Crippen molar-refractivity contribution in [1.82, 2.24) is 5.32 Å². The van der Waals surface area contributed by atoms with Gasteiger partial charge < -0.3 is 11.1 Å². The number of hydrogen-bond donors (Lipinski definition) is 2. The zero-order chi connectivity index (χ0) is 13.1. The van der Waals surface area contributed by atoms with Crippen LogP contribution in [0, 0.1) is 10.1 Å². The highest BCUT2D eigenvalue weighted by Crippen LogP contribution is 2.17. The van der Waals surface area contributed by atoms with E-state index in [0.717, 1.165) is 0 Å². The topological polar surface area (TPSA) is 98.3 Å². The number of rotatable bonds is 4. The van der Waals surface area contributed by atoms with Gasteiger partial charge in [-0.2, -0.15) is 0 Å². The Morgan fingerprint density at radius 2 is 2.00 bits per heavy atom. The van der Waals surface area contributed by atoms with Gasteiger partial charge in [0.05, 0.1) is 4.92 Å². The van der Waals surface area contributed by atoms with Crippen molar-refractivity contribution in [3.05, 3.63) is 39.9 Å². The van der Waals surface area contributed by atoms with Gasteiger partial charge in [-0.25, -0.2) is 0 Å². The van der Waals surface area contributed by atoms with Crippen LogP contribution in [0.5, 0.6) is 0 Å². The number of carbonyl (C=O) groups excluding carboxylic acids is 1. The summed E-state index contributed by atoms with van der Waals surface area (Å²) < 4.78 is 0. The fraction of sp³-hybridized carbons (Fsp3) is 0.364. The van der Waals surface area contributed by atoms with Crippen LogP contribution in [-0.4, -0.2) is 22.9 Å². The first-order chi connectivity index (χ1) is 7.81. The maximum atomic E-state index is 11.7. The minimum absolute atomic E-state index is 0. The summed E-state index contributed by atoms with van der Waals surface area (Å²) in [6, 6.07) is 5.80. The van der Waals surface area contributed by atoms with Crippen LogP contribution >= 0.6 is 12.4 Å². The van der Waals surface area contributed by atoms with Crippen LogP contribution in [0.2, 0.25) is 0 Å². The Bertz CT molecular complexity index is 443. The summed E-state index contributed by atoms with van der Waals surface area (Å²) in [6.07, 6.45) is 0. The Kier molecular flexibility index (Phi) is 5.74. The molecule has 0 aliphatic rings. The Morgan fingerprint density at radius 1 is 1.44 bits per heavy atom. The summed E-state index contributed by atoms with van der Waals surface area (Å²) in [4.78, 5) is 21.9. The zero-order valence-corrected chi connectivity index (χ0v) is 11.0. The number of nitrogens with two attached hydrogens (primary N) is 1. The van der Waals surface area contributed by atoms with E-state index in [9.17, 15) is 14.9 Å². The highest BCUT2D eigenvalue weighted by molar-refractivity contribution is 5.98. The zero-order valence-electron chi connectivity index (χ0n) is 10.2. The van der Waals surface area contributed by atoms with Crippen molar-refractivity contribution >= 4 is 24.0 Å². The highest BCUT2D eigenvalue weighted by Gasteiger charge is 2.20. The van der Waals surface area contributed by atoms with Gasteiger partial charge in [0.25, 0.3) is 11.6 Å². The monoisotopic (exact) mass is 273 g/mol. The van der Waals surface area contributed by atoms with Crippen LogP contribution in [0.4, 0.5) is 5.69 Å². The molecule has 0 fully saturated rings. The van der Waals surface area contributed by atoms with Gasteiger partial charge >= 0.3 is 0 Å². The number of carbonyl (C=O) groups is 1. The van der Waals surface area contributed by atoms with Crippen molar-refractivity contribution < 1.29 is 9.72 Å². The van der Waals surface area contributed by atoms with Gasteiger partial charge in [-0.3, -0.25) is 14.9 Å². The number of benzene rings is 1. The molecule has 0 heterocycles. The molecule has 0 spiro atoms. The third kappa shape index (κ3) is 4.68. The van der Waals surface area contributed by atoms with Crippen LogP contribution < -0.4 is 11.1 Å². The number of nitro benzene ring substituents is 1. The molecule has 0 saturated carbocycles. The van der Waals surface area contributed by atoms with E-state index in [4.69, 9.17) is 5.73 Å². The molecule has 0 saturated heterocycles. The molecule has 0 atom stereocenters. The van der Waals surface area contributed by atoms with Crippen molar-refractivity contribution in [2.45, 2.75) is 19.4 Å². The second-order valence-corrected chi connectivity index (χ2v) is 4.45. The minimum Gasteiger partial charge on any atom is -0.350 e. The van der Waals surface area contributed by atoms with E-state index in [0.29, 0.717) is 0 Å². The van der Waals surface area contributed by atoms with Crippen molar-refractivity contribution in [2.75, 3.05) is 6.54 Å². The van der Waals surface area contributed by atoms with Crippen molar-refractivity contribution in [3.8, 4) is 0 Å². The summed E-state index contributed by atoms with van der Waals surface area (Å²) in [5.41, 5.74) is 4.99. The number of para-hydroxylation sites is 1. The summed E-state index contributed by atoms with van der Waals surface area (Å²) >= 11 is 0. The first-order valence-electron chi connectivity index (χ1n) is 5.12. The number of nitrogens with zero attached hydrogens (tertiary/aromatic N) is 1. The van der Waals surface area contributed by atoms with Crippen LogP contribution in [0.25, 0.3) is 0 Å². The van der Waals surface area contributed by atoms with Crippen LogP contribution in [-0.2, 0) is 0 Å². The quantitative estimate of drug-likeness (QED) is 0.641. The lowest BCUT2D eigenvalue weighted by molar-refractivity contribution is -0.385. The van der Waals surface area contributed by atoms with Gasteiger partial charge in [-0.05, 0) is 19.9 Å². The molecule has 6 nitrogen and oxygen atoms in total. The molecule has 7 heteroatoms. The smallest absolute Gasteiger partial charge is 0.282 e. The summed E-state index contributed by atoms with van der Waals surface area (Å²) in [7, 11) is 0. The second-order valence-electron chi connectivity index (χ2n) is 4.45. The molecule has 0 bridgehead atoms. The predicted molar refractivity (Wildman–Crippen MR) is 70.9 cm³/mol. The van der Waals surface area contributed by atoms with E-state index < -0.39 is 16.4 Å². The number of nitro groups is 1. The Hall–Kier alpha value is -1.66. The standard InChI is InChI=1S/C11H15N3O3.ClH/c1-11(2,12)7-13-10(15)8-5-3-4-6-9(8)14(16)17;/h3-6H,7,12H2,1-2H3,(H,13,15);1H. The van der Waals surface area contributed by atoms with E-state index in [1.165, 1.54) is 18.2 Å². The number of nitrogens with one attached hydrogen (secondary N) is 1. The first kappa shape index (κ1) is 16.3. The van der Waals surface area contributed by atoms with Gasteiger partial charge in [0.15, 0.2) is 0 Å². The minimum atomic E-state index is -0.581. The lowest BCUT2D eigenvalue weighted by atomic mass is 10.1. The second kappa shape index (κ2) is 6.32.